The number of fused-ring (bicyclic) bond motifs is 5. The van der Waals surface area contributed by atoms with E-state index in [1.807, 2.05) is 49.9 Å². The van der Waals surface area contributed by atoms with Crippen molar-refractivity contribution in [2.45, 2.75) is 38.8 Å². The van der Waals surface area contributed by atoms with Crippen LogP contribution in [0.25, 0.3) is 28.0 Å². The number of rotatable bonds is 5. The van der Waals surface area contributed by atoms with E-state index in [1.54, 1.807) is 4.90 Å². The quantitative estimate of drug-likeness (QED) is 0.290. The minimum absolute atomic E-state index is 0.0439. The van der Waals surface area contributed by atoms with Crippen molar-refractivity contribution in [1.82, 2.24) is 14.5 Å². The molecule has 0 spiro atoms. The summed E-state index contributed by atoms with van der Waals surface area (Å²) >= 11 is 0. The van der Waals surface area contributed by atoms with Crippen LogP contribution in [-0.4, -0.2) is 59.2 Å². The van der Waals surface area contributed by atoms with Gasteiger partial charge < -0.3 is 19.3 Å². The summed E-state index contributed by atoms with van der Waals surface area (Å²) in [5.41, 5.74) is 1.13. The van der Waals surface area contributed by atoms with Crippen molar-refractivity contribution < 1.29 is 23.0 Å². The maximum Gasteiger partial charge on any atom is 0.301 e. The summed E-state index contributed by atoms with van der Waals surface area (Å²) in [5, 5.41) is 0.338. The molecule has 0 radical (unpaired) electrons. The lowest BCUT2D eigenvalue weighted by molar-refractivity contribution is -0.129. The van der Waals surface area contributed by atoms with Crippen molar-refractivity contribution in [3.8, 4) is 28.4 Å². The number of halogens is 2. The van der Waals surface area contributed by atoms with Gasteiger partial charge in [0.05, 0.1) is 30.1 Å². The van der Waals surface area contributed by atoms with Gasteiger partial charge in [-0.3, -0.25) is 14.2 Å². The van der Waals surface area contributed by atoms with Gasteiger partial charge in [-0.15, -0.1) is 0 Å². The highest BCUT2D eigenvalue weighted by atomic mass is 19.1. The predicted molar refractivity (Wildman–Crippen MR) is 161 cm³/mol. The molecule has 2 aliphatic heterocycles. The fourth-order valence-corrected chi connectivity index (χ4v) is 6.20. The molecule has 8 nitrogen and oxygen atoms in total. The van der Waals surface area contributed by atoms with Crippen LogP contribution in [0, 0.1) is 11.6 Å². The van der Waals surface area contributed by atoms with Crippen LogP contribution in [0.4, 0.5) is 14.5 Å². The summed E-state index contributed by atoms with van der Waals surface area (Å²) in [6.07, 6.45) is 1.28. The molecule has 1 fully saturated rings. The minimum atomic E-state index is -0.781. The van der Waals surface area contributed by atoms with Crippen LogP contribution < -0.4 is 19.9 Å². The minimum Gasteiger partial charge on any atom is -0.496 e. The highest BCUT2D eigenvalue weighted by molar-refractivity contribution is 5.97. The average molecular weight is 587 g/mol. The van der Waals surface area contributed by atoms with E-state index in [4.69, 9.17) is 9.47 Å². The molecule has 6 rings (SSSR count). The van der Waals surface area contributed by atoms with Crippen molar-refractivity contribution in [2.24, 2.45) is 0 Å². The molecule has 10 heteroatoms. The van der Waals surface area contributed by atoms with Crippen LogP contribution in [0.1, 0.15) is 32.3 Å². The number of hydrogen-bond acceptors (Lipinski definition) is 6. The first-order valence-corrected chi connectivity index (χ1v) is 14.2. The molecule has 2 aromatic heterocycles. The molecule has 2 atom stereocenters. The van der Waals surface area contributed by atoms with E-state index < -0.39 is 17.2 Å². The molecule has 222 valence electrons. The Morgan fingerprint density at radius 3 is 2.63 bits per heavy atom. The number of carbonyl (C=O) groups is 1. The zero-order valence-corrected chi connectivity index (χ0v) is 24.4. The first-order valence-electron chi connectivity index (χ1n) is 14.2. The standard InChI is InChI=1S/C33H32F2N4O4/c1-6-27(40)37-16-20-17-43-31-30(38(20)15-19(37)4)22-14-24(35)29(28-23(34)11-9-13-26(28)42-5)36-32(22)39(33(31)41)25-12-8-7-10-21(25)18(2)3/h6-14,18-20H,1,15-17H2,2-5H3/t19-,20-/m1/s1. The number of carbonyl (C=O) groups excluding carboxylic acids is 1. The SMILES string of the molecule is C=CC(=O)N1C[C@@H]2COc3c(c4cc(F)c(-c5c(F)cccc5OC)nc4n(-c4ccccc4C(C)C)c3=O)N2C[C@H]1C. The number of hydrogen-bond donors (Lipinski definition) is 0. The second-order valence-corrected chi connectivity index (χ2v) is 11.2. The van der Waals surface area contributed by atoms with Crippen molar-refractivity contribution in [3.05, 3.63) is 88.7 Å². The maximum absolute atomic E-state index is 16.1. The van der Waals surface area contributed by atoms with Crippen LogP contribution in [0.5, 0.6) is 11.5 Å². The molecular formula is C33H32F2N4O4. The molecule has 43 heavy (non-hydrogen) atoms. The van der Waals surface area contributed by atoms with Gasteiger partial charge in [0.2, 0.25) is 11.7 Å². The number of piperazine rings is 1. The van der Waals surface area contributed by atoms with Gasteiger partial charge in [0, 0.05) is 24.5 Å². The monoisotopic (exact) mass is 586 g/mol. The Kier molecular flexibility index (Phi) is 7.15. The van der Waals surface area contributed by atoms with E-state index in [0.717, 1.165) is 5.56 Å². The van der Waals surface area contributed by atoms with Crippen LogP contribution in [0.2, 0.25) is 0 Å². The number of ether oxygens (including phenoxy) is 2. The zero-order valence-electron chi connectivity index (χ0n) is 24.4. The molecule has 4 aromatic rings. The molecule has 0 aliphatic carbocycles. The Hall–Kier alpha value is -4.73. The molecule has 2 aliphatic rings. The van der Waals surface area contributed by atoms with Crippen molar-refractivity contribution in [3.63, 3.8) is 0 Å². The normalized spacial score (nSPS) is 17.8. The second-order valence-electron chi connectivity index (χ2n) is 11.2. The van der Waals surface area contributed by atoms with Crippen molar-refractivity contribution in [1.29, 1.82) is 0 Å². The predicted octanol–water partition coefficient (Wildman–Crippen LogP) is 5.45. The maximum atomic E-state index is 16.1. The summed E-state index contributed by atoms with van der Waals surface area (Å²) in [6, 6.07) is 12.4. The molecule has 0 bridgehead atoms. The molecular weight excluding hydrogens is 554 g/mol. The summed E-state index contributed by atoms with van der Waals surface area (Å²) < 4.78 is 44.3. The van der Waals surface area contributed by atoms with Crippen LogP contribution in [-0.2, 0) is 4.79 Å². The van der Waals surface area contributed by atoms with Gasteiger partial charge in [-0.2, -0.15) is 0 Å². The highest BCUT2D eigenvalue weighted by Crippen LogP contribution is 2.43. The van der Waals surface area contributed by atoms with Gasteiger partial charge >= 0.3 is 5.56 Å². The first-order chi connectivity index (χ1) is 20.7. The highest BCUT2D eigenvalue weighted by Gasteiger charge is 2.40. The number of methoxy groups -OCH3 is 1. The molecule has 0 saturated carbocycles. The number of pyridine rings is 2. The van der Waals surface area contributed by atoms with Crippen molar-refractivity contribution >= 4 is 22.6 Å². The van der Waals surface area contributed by atoms with Gasteiger partial charge in [-0.25, -0.2) is 13.8 Å². The van der Waals surface area contributed by atoms with Crippen LogP contribution >= 0.6 is 0 Å². The summed E-state index contributed by atoms with van der Waals surface area (Å²) in [5.74, 6) is -1.45. The van der Waals surface area contributed by atoms with E-state index in [-0.39, 0.29) is 58.9 Å². The molecule has 2 aromatic carbocycles. The van der Waals surface area contributed by atoms with E-state index in [2.05, 4.69) is 11.6 Å². The number of nitrogens with zero attached hydrogens (tertiary/aromatic N) is 4. The Balaban J connectivity index is 1.68. The van der Waals surface area contributed by atoms with E-state index in [1.165, 1.54) is 42.0 Å². The number of aromatic nitrogens is 2. The lowest BCUT2D eigenvalue weighted by atomic mass is 9.99. The number of benzene rings is 2. The van der Waals surface area contributed by atoms with Gasteiger partial charge in [0.15, 0.2) is 11.5 Å². The summed E-state index contributed by atoms with van der Waals surface area (Å²) in [6.45, 7) is 10.4. The third kappa shape index (κ3) is 4.52. The van der Waals surface area contributed by atoms with E-state index in [9.17, 15) is 9.59 Å². The van der Waals surface area contributed by atoms with Gasteiger partial charge in [-0.05, 0) is 48.7 Å². The molecule has 1 amide bonds. The zero-order chi connectivity index (χ0) is 30.6. The third-order valence-corrected chi connectivity index (χ3v) is 8.27. The van der Waals surface area contributed by atoms with E-state index >= 15 is 8.78 Å². The smallest absolute Gasteiger partial charge is 0.301 e. The number of para-hydroxylation sites is 1. The second kappa shape index (κ2) is 10.8. The Morgan fingerprint density at radius 2 is 1.91 bits per heavy atom. The molecule has 1 saturated heterocycles. The van der Waals surface area contributed by atoms with Gasteiger partial charge in [0.25, 0.3) is 0 Å². The Morgan fingerprint density at radius 1 is 1.14 bits per heavy atom. The first kappa shape index (κ1) is 28.4. The number of amides is 1. The average Bonchev–Trinajstić information content (AvgIpc) is 3.00. The fourth-order valence-electron chi connectivity index (χ4n) is 6.20. The van der Waals surface area contributed by atoms with Crippen LogP contribution in [0.3, 0.4) is 0 Å². The van der Waals surface area contributed by atoms with E-state index in [0.29, 0.717) is 29.9 Å². The molecule has 4 heterocycles. The third-order valence-electron chi connectivity index (χ3n) is 8.27. The summed E-state index contributed by atoms with van der Waals surface area (Å²) in [7, 11) is 1.37. The van der Waals surface area contributed by atoms with Crippen molar-refractivity contribution in [2.75, 3.05) is 31.7 Å². The van der Waals surface area contributed by atoms with Gasteiger partial charge in [-0.1, -0.05) is 44.7 Å². The van der Waals surface area contributed by atoms with Gasteiger partial charge in [0.1, 0.15) is 23.9 Å². The largest absolute Gasteiger partial charge is 0.496 e. The molecule has 0 N–H and O–H groups in total. The Bertz CT molecular complexity index is 1840. The topological polar surface area (TPSA) is 76.9 Å². The fraction of sp³-hybridized carbons (Fsp3) is 0.303. The Labute approximate surface area is 247 Å². The summed E-state index contributed by atoms with van der Waals surface area (Å²) in [4.78, 5) is 35.3. The lowest BCUT2D eigenvalue weighted by Gasteiger charge is -2.48. The number of anilines is 1. The van der Waals surface area contributed by atoms with Crippen LogP contribution in [0.15, 0.2) is 66.0 Å². The lowest BCUT2D eigenvalue weighted by Crippen LogP contribution is -2.62. The molecule has 0 unspecified atom stereocenters.